The number of anilines is 1. The highest BCUT2D eigenvalue weighted by atomic mass is 35.5. The van der Waals surface area contributed by atoms with Gasteiger partial charge in [-0.25, -0.2) is 28.4 Å². The molecule has 3 heterocycles. The second-order valence-electron chi connectivity index (χ2n) is 8.90. The summed E-state index contributed by atoms with van der Waals surface area (Å²) >= 11 is 5.93. The van der Waals surface area contributed by atoms with Crippen LogP contribution >= 0.6 is 11.6 Å². The topological polar surface area (TPSA) is 131 Å². The number of carbonyl (C=O) groups excluding carboxylic acids is 1. The van der Waals surface area contributed by atoms with Crippen LogP contribution in [0.2, 0.25) is 5.02 Å². The Balaban J connectivity index is 1.41. The van der Waals surface area contributed by atoms with Crippen LogP contribution in [0.3, 0.4) is 0 Å². The molecule has 2 aromatic carbocycles. The standard InChI is InChI=1S/C25H21ClF3N7O4S/c26-17-3-1-16(2-4-17)11-32-24(37)21-14-35(22-13-31-20-12-30-15-33-23(20)34-22)9-10-36(21)41(38,39)19-7-5-18(6-8-19)40-25(27,28)29/h1-8,12-13,15,21H,9-11,14H2,(H,32,37)/t21-/m1/s1. The molecular formula is C25H21ClF3N7O4S. The first-order chi connectivity index (χ1) is 19.5. The summed E-state index contributed by atoms with van der Waals surface area (Å²) in [6.07, 6.45) is -0.620. The van der Waals surface area contributed by atoms with Crippen LogP contribution in [0.4, 0.5) is 19.0 Å². The molecule has 1 amide bonds. The van der Waals surface area contributed by atoms with Crippen molar-refractivity contribution in [3.8, 4) is 5.75 Å². The second kappa shape index (κ2) is 11.4. The maximum Gasteiger partial charge on any atom is 0.573 e. The minimum Gasteiger partial charge on any atom is -0.406 e. The van der Waals surface area contributed by atoms with Gasteiger partial charge in [0.25, 0.3) is 0 Å². The van der Waals surface area contributed by atoms with E-state index >= 15 is 0 Å². The predicted octanol–water partition coefficient (Wildman–Crippen LogP) is 3.17. The molecule has 0 aliphatic carbocycles. The number of fused-ring (bicyclic) bond motifs is 1. The van der Waals surface area contributed by atoms with Crippen LogP contribution < -0.4 is 15.0 Å². The molecule has 11 nitrogen and oxygen atoms in total. The molecule has 41 heavy (non-hydrogen) atoms. The number of ether oxygens (including phenoxy) is 1. The van der Waals surface area contributed by atoms with Gasteiger partial charge in [0.2, 0.25) is 15.9 Å². The maximum absolute atomic E-state index is 13.6. The predicted molar refractivity (Wildman–Crippen MR) is 141 cm³/mol. The van der Waals surface area contributed by atoms with E-state index in [-0.39, 0.29) is 31.1 Å². The number of halogens is 4. The van der Waals surface area contributed by atoms with Crippen LogP contribution in [-0.4, -0.2) is 70.6 Å². The van der Waals surface area contributed by atoms with Crippen molar-refractivity contribution in [2.45, 2.75) is 23.8 Å². The van der Waals surface area contributed by atoms with Gasteiger partial charge in [0.15, 0.2) is 5.65 Å². The number of nitrogens with one attached hydrogen (secondary N) is 1. The van der Waals surface area contributed by atoms with E-state index in [0.29, 0.717) is 22.0 Å². The zero-order valence-corrected chi connectivity index (χ0v) is 22.6. The minimum absolute atomic E-state index is 0.0772. The molecular weight excluding hydrogens is 587 g/mol. The van der Waals surface area contributed by atoms with E-state index < -0.39 is 34.1 Å². The summed E-state index contributed by atoms with van der Waals surface area (Å²) < 4.78 is 69.8. The van der Waals surface area contributed by atoms with E-state index in [2.05, 4.69) is 30.0 Å². The first kappa shape index (κ1) is 28.4. The lowest BCUT2D eigenvalue weighted by molar-refractivity contribution is -0.274. The second-order valence-corrected chi connectivity index (χ2v) is 11.2. The van der Waals surface area contributed by atoms with Gasteiger partial charge in [-0.2, -0.15) is 4.31 Å². The van der Waals surface area contributed by atoms with Crippen LogP contribution in [0, 0.1) is 0 Å². The molecule has 2 aromatic heterocycles. The van der Waals surface area contributed by atoms with Gasteiger partial charge in [0, 0.05) is 31.2 Å². The molecule has 1 saturated heterocycles. The van der Waals surface area contributed by atoms with Gasteiger partial charge < -0.3 is 15.0 Å². The van der Waals surface area contributed by atoms with Crippen LogP contribution in [0.25, 0.3) is 11.2 Å². The van der Waals surface area contributed by atoms with E-state index in [0.717, 1.165) is 34.1 Å². The highest BCUT2D eigenvalue weighted by Crippen LogP contribution is 2.28. The fourth-order valence-corrected chi connectivity index (χ4v) is 5.94. The Bertz CT molecular complexity index is 1660. The van der Waals surface area contributed by atoms with Gasteiger partial charge in [0.1, 0.15) is 29.5 Å². The molecule has 1 fully saturated rings. The summed E-state index contributed by atoms with van der Waals surface area (Å²) in [6.45, 7) is 0.0647. The number of sulfonamides is 1. The number of hydrogen-bond acceptors (Lipinski definition) is 9. The Labute approximate surface area is 237 Å². The zero-order valence-electron chi connectivity index (χ0n) is 21.0. The van der Waals surface area contributed by atoms with Crippen molar-refractivity contribution in [3.63, 3.8) is 0 Å². The monoisotopic (exact) mass is 607 g/mol. The molecule has 214 valence electrons. The molecule has 5 rings (SSSR count). The van der Waals surface area contributed by atoms with Crippen LogP contribution in [0.15, 0.2) is 72.1 Å². The minimum atomic E-state index is -4.93. The molecule has 16 heteroatoms. The Morgan fingerprint density at radius 2 is 1.78 bits per heavy atom. The largest absolute Gasteiger partial charge is 0.573 e. The van der Waals surface area contributed by atoms with E-state index in [1.807, 2.05) is 0 Å². The summed E-state index contributed by atoms with van der Waals surface area (Å²) in [6, 6.07) is 9.36. The summed E-state index contributed by atoms with van der Waals surface area (Å²) in [7, 11) is -4.31. The summed E-state index contributed by atoms with van der Waals surface area (Å²) in [5.41, 5.74) is 1.54. The number of nitrogens with zero attached hydrogens (tertiary/aromatic N) is 6. The molecule has 0 unspecified atom stereocenters. The van der Waals surface area contributed by atoms with Gasteiger partial charge in [-0.3, -0.25) is 4.79 Å². The summed E-state index contributed by atoms with van der Waals surface area (Å²) in [4.78, 5) is 31.6. The average Bonchev–Trinajstić information content (AvgIpc) is 2.95. The van der Waals surface area contributed by atoms with Gasteiger partial charge in [-0.15, -0.1) is 13.2 Å². The number of piperazine rings is 1. The van der Waals surface area contributed by atoms with Crippen molar-refractivity contribution in [1.29, 1.82) is 0 Å². The van der Waals surface area contributed by atoms with E-state index in [1.54, 1.807) is 29.2 Å². The van der Waals surface area contributed by atoms with Crippen molar-refractivity contribution in [2.75, 3.05) is 24.5 Å². The number of hydrogen-bond donors (Lipinski definition) is 1. The Kier molecular flexibility index (Phi) is 7.93. The summed E-state index contributed by atoms with van der Waals surface area (Å²) in [5, 5.41) is 3.28. The van der Waals surface area contributed by atoms with Gasteiger partial charge in [0.05, 0.1) is 17.3 Å². The number of rotatable bonds is 7. The molecule has 0 spiro atoms. The molecule has 1 aliphatic rings. The normalized spacial score (nSPS) is 16.5. The number of alkyl halides is 3. The molecule has 1 atom stereocenters. The number of carbonyl (C=O) groups is 1. The van der Waals surface area contributed by atoms with Crippen molar-refractivity contribution >= 4 is 44.5 Å². The fourth-order valence-electron chi connectivity index (χ4n) is 4.24. The van der Waals surface area contributed by atoms with E-state index in [9.17, 15) is 26.4 Å². The van der Waals surface area contributed by atoms with Gasteiger partial charge in [-0.05, 0) is 42.0 Å². The number of aromatic nitrogens is 4. The first-order valence-electron chi connectivity index (χ1n) is 12.1. The smallest absolute Gasteiger partial charge is 0.406 e. The van der Waals surface area contributed by atoms with E-state index in [4.69, 9.17) is 11.6 Å². The molecule has 4 aromatic rings. The quantitative estimate of drug-likeness (QED) is 0.337. The van der Waals surface area contributed by atoms with Crippen LogP contribution in [0.5, 0.6) is 5.75 Å². The van der Waals surface area contributed by atoms with Gasteiger partial charge >= 0.3 is 6.36 Å². The Hall–Kier alpha value is -4.08. The van der Waals surface area contributed by atoms with Crippen molar-refractivity contribution in [3.05, 3.63) is 77.8 Å². The third-order valence-corrected chi connectivity index (χ3v) is 8.39. The fraction of sp³-hybridized carbons (Fsp3) is 0.240. The van der Waals surface area contributed by atoms with Crippen molar-refractivity contribution in [2.24, 2.45) is 0 Å². The lowest BCUT2D eigenvalue weighted by Crippen LogP contribution is -2.60. The number of benzene rings is 2. The van der Waals surface area contributed by atoms with Crippen LogP contribution in [-0.2, 0) is 21.4 Å². The third kappa shape index (κ3) is 6.64. The Morgan fingerprint density at radius 1 is 1.05 bits per heavy atom. The lowest BCUT2D eigenvalue weighted by atomic mass is 10.1. The summed E-state index contributed by atoms with van der Waals surface area (Å²) in [5.74, 6) is -0.768. The van der Waals surface area contributed by atoms with E-state index in [1.165, 1.54) is 18.7 Å². The van der Waals surface area contributed by atoms with Crippen molar-refractivity contribution in [1.82, 2.24) is 29.6 Å². The SMILES string of the molecule is O=C(NCc1ccc(Cl)cc1)[C@H]1CN(c2cnc3cncnc3n2)CCN1S(=O)(=O)c1ccc(OC(F)(F)F)cc1. The highest BCUT2D eigenvalue weighted by Gasteiger charge is 2.41. The molecule has 0 bridgehead atoms. The highest BCUT2D eigenvalue weighted by molar-refractivity contribution is 7.89. The average molecular weight is 608 g/mol. The Morgan fingerprint density at radius 3 is 2.49 bits per heavy atom. The lowest BCUT2D eigenvalue weighted by Gasteiger charge is -2.40. The maximum atomic E-state index is 13.6. The molecule has 0 radical (unpaired) electrons. The molecule has 0 saturated carbocycles. The molecule has 1 aliphatic heterocycles. The first-order valence-corrected chi connectivity index (χ1v) is 13.9. The molecule has 1 N–H and O–H groups in total. The van der Waals surface area contributed by atoms with Gasteiger partial charge in [-0.1, -0.05) is 23.7 Å². The zero-order chi connectivity index (χ0) is 29.2. The number of amides is 1. The van der Waals surface area contributed by atoms with Crippen LogP contribution in [0.1, 0.15) is 5.56 Å². The van der Waals surface area contributed by atoms with Crippen molar-refractivity contribution < 1.29 is 31.1 Å². The third-order valence-electron chi connectivity index (χ3n) is 6.21.